The fraction of sp³-hybridized carbons (Fsp3) is 0.0909. The van der Waals surface area contributed by atoms with Crippen molar-refractivity contribution in [2.75, 3.05) is 10.6 Å². The van der Waals surface area contributed by atoms with Gasteiger partial charge in [0.25, 0.3) is 11.8 Å². The number of imide groups is 1. The van der Waals surface area contributed by atoms with Gasteiger partial charge in [-0.15, -0.1) is 0 Å². The molecule has 0 aliphatic carbocycles. The van der Waals surface area contributed by atoms with E-state index in [1.165, 1.54) is 11.6 Å². The minimum absolute atomic E-state index is 0.320. The van der Waals surface area contributed by atoms with Gasteiger partial charge < -0.3 is 10.5 Å². The Kier molecular flexibility index (Phi) is 3.92. The normalized spacial score (nSPS) is 13.0. The van der Waals surface area contributed by atoms with E-state index < -0.39 is 0 Å². The molecule has 0 saturated heterocycles. The fourth-order valence-electron chi connectivity index (χ4n) is 3.09. The van der Waals surface area contributed by atoms with Crippen molar-refractivity contribution in [2.45, 2.75) is 13.8 Å². The molecular weight excluding hydrogens is 340 g/mol. The van der Waals surface area contributed by atoms with E-state index in [1.54, 1.807) is 36.4 Å². The van der Waals surface area contributed by atoms with Crippen LogP contribution in [0.2, 0.25) is 0 Å². The molecule has 0 atom stereocenters. The monoisotopic (exact) mass is 358 g/mol. The Balaban J connectivity index is 1.66. The topological polar surface area (TPSA) is 72.6 Å². The molecule has 0 aromatic heterocycles. The smallest absolute Gasteiger partial charge is 0.266 e. The molecule has 0 fully saturated rings. The molecule has 2 amide bonds. The summed E-state index contributed by atoms with van der Waals surface area (Å²) >= 11 is 0. The molecule has 1 heterocycles. The van der Waals surface area contributed by atoms with Crippen LogP contribution in [0.5, 0.6) is 11.5 Å². The molecule has 3 aromatic rings. The van der Waals surface area contributed by atoms with Gasteiger partial charge in [0.2, 0.25) is 0 Å². The molecule has 2 N–H and O–H groups in total. The van der Waals surface area contributed by atoms with Gasteiger partial charge >= 0.3 is 0 Å². The van der Waals surface area contributed by atoms with E-state index in [0.29, 0.717) is 34.0 Å². The van der Waals surface area contributed by atoms with Crippen molar-refractivity contribution in [3.63, 3.8) is 0 Å². The summed E-state index contributed by atoms with van der Waals surface area (Å²) in [7, 11) is 0. The Hall–Kier alpha value is -3.60. The van der Waals surface area contributed by atoms with Crippen LogP contribution in [-0.2, 0) is 0 Å². The van der Waals surface area contributed by atoms with Crippen molar-refractivity contribution in [1.82, 2.24) is 0 Å². The zero-order valence-corrected chi connectivity index (χ0v) is 15.0. The number of carbonyl (C=O) groups is 2. The van der Waals surface area contributed by atoms with Crippen LogP contribution in [0, 0.1) is 13.8 Å². The highest BCUT2D eigenvalue weighted by Crippen LogP contribution is 2.33. The predicted molar refractivity (Wildman–Crippen MR) is 104 cm³/mol. The number of rotatable bonds is 3. The van der Waals surface area contributed by atoms with Crippen LogP contribution in [0.25, 0.3) is 0 Å². The summed E-state index contributed by atoms with van der Waals surface area (Å²) in [5.74, 6) is 0.501. The number of nitrogen functional groups attached to an aromatic ring is 1. The number of nitrogens with zero attached hydrogens (tertiary/aromatic N) is 1. The van der Waals surface area contributed by atoms with Crippen molar-refractivity contribution in [2.24, 2.45) is 0 Å². The highest BCUT2D eigenvalue weighted by atomic mass is 16.5. The first-order valence-electron chi connectivity index (χ1n) is 8.57. The molecule has 1 aliphatic rings. The Morgan fingerprint density at radius 1 is 0.778 bits per heavy atom. The van der Waals surface area contributed by atoms with Crippen LogP contribution < -0.4 is 15.4 Å². The Labute approximate surface area is 157 Å². The van der Waals surface area contributed by atoms with E-state index in [1.807, 2.05) is 32.0 Å². The molecule has 27 heavy (non-hydrogen) atoms. The SMILES string of the molecule is Cc1ccc(Oc2cccc(N3C(=O)c4ccc(N)cc4C3=O)c2)cc1C. The number of anilines is 2. The maximum absolute atomic E-state index is 12.7. The van der Waals surface area contributed by atoms with Crippen LogP contribution in [0.15, 0.2) is 60.7 Å². The predicted octanol–water partition coefficient (Wildman–Crippen LogP) is 4.48. The maximum atomic E-state index is 12.7. The third kappa shape index (κ3) is 2.93. The Bertz CT molecular complexity index is 1090. The lowest BCUT2D eigenvalue weighted by Gasteiger charge is -2.15. The third-order valence-corrected chi connectivity index (χ3v) is 4.70. The van der Waals surface area contributed by atoms with E-state index in [-0.39, 0.29) is 11.8 Å². The highest BCUT2D eigenvalue weighted by molar-refractivity contribution is 6.34. The number of aryl methyl sites for hydroxylation is 2. The van der Waals surface area contributed by atoms with E-state index >= 15 is 0 Å². The van der Waals surface area contributed by atoms with Crippen LogP contribution in [-0.4, -0.2) is 11.8 Å². The highest BCUT2D eigenvalue weighted by Gasteiger charge is 2.36. The minimum Gasteiger partial charge on any atom is -0.457 e. The van der Waals surface area contributed by atoms with Crippen molar-refractivity contribution in [3.05, 3.63) is 82.9 Å². The number of nitrogens with two attached hydrogens (primary N) is 1. The van der Waals surface area contributed by atoms with Gasteiger partial charge in [0.15, 0.2) is 0 Å². The van der Waals surface area contributed by atoms with Crippen molar-refractivity contribution in [1.29, 1.82) is 0 Å². The van der Waals surface area contributed by atoms with E-state index in [4.69, 9.17) is 10.5 Å². The molecule has 5 nitrogen and oxygen atoms in total. The lowest BCUT2D eigenvalue weighted by molar-refractivity contribution is 0.0926. The standard InChI is InChI=1S/C22H18N2O3/c1-13-6-8-18(10-14(13)2)27-17-5-3-4-16(12-17)24-21(25)19-9-7-15(23)11-20(19)22(24)26/h3-12H,23H2,1-2H3. The number of amides is 2. The van der Waals surface area contributed by atoms with Gasteiger partial charge in [-0.1, -0.05) is 12.1 Å². The second kappa shape index (κ2) is 6.29. The summed E-state index contributed by atoms with van der Waals surface area (Å²) < 4.78 is 5.91. The van der Waals surface area contributed by atoms with Crippen molar-refractivity contribution < 1.29 is 14.3 Å². The van der Waals surface area contributed by atoms with Crippen molar-refractivity contribution in [3.8, 4) is 11.5 Å². The van der Waals surface area contributed by atoms with Gasteiger partial charge in [0.05, 0.1) is 16.8 Å². The molecule has 0 spiro atoms. The first-order valence-corrected chi connectivity index (χ1v) is 8.57. The van der Waals surface area contributed by atoms with Crippen LogP contribution >= 0.6 is 0 Å². The third-order valence-electron chi connectivity index (χ3n) is 4.70. The number of carbonyl (C=O) groups excluding carboxylic acids is 2. The van der Waals surface area contributed by atoms with Crippen LogP contribution in [0.4, 0.5) is 11.4 Å². The summed E-state index contributed by atoms with van der Waals surface area (Å²) in [5.41, 5.74) is 9.64. The summed E-state index contributed by atoms with van der Waals surface area (Å²) in [5, 5.41) is 0. The molecular formula is C22H18N2O3. The zero-order chi connectivity index (χ0) is 19.1. The fourth-order valence-corrected chi connectivity index (χ4v) is 3.09. The number of ether oxygens (including phenoxy) is 1. The average Bonchev–Trinajstić information content (AvgIpc) is 2.89. The Morgan fingerprint density at radius 2 is 1.52 bits per heavy atom. The second-order valence-corrected chi connectivity index (χ2v) is 6.60. The van der Waals surface area contributed by atoms with Gasteiger partial charge in [-0.25, -0.2) is 4.90 Å². The van der Waals surface area contributed by atoms with Gasteiger partial charge in [-0.2, -0.15) is 0 Å². The Morgan fingerprint density at radius 3 is 2.30 bits per heavy atom. The van der Waals surface area contributed by atoms with E-state index in [2.05, 4.69) is 0 Å². The molecule has 1 aliphatic heterocycles. The maximum Gasteiger partial charge on any atom is 0.266 e. The van der Waals surface area contributed by atoms with Crippen LogP contribution in [0.3, 0.4) is 0 Å². The van der Waals surface area contributed by atoms with Gasteiger partial charge in [-0.3, -0.25) is 9.59 Å². The second-order valence-electron chi connectivity index (χ2n) is 6.60. The molecule has 0 unspecified atom stereocenters. The molecule has 134 valence electrons. The molecule has 0 radical (unpaired) electrons. The first-order chi connectivity index (χ1) is 12.9. The number of hydrogen-bond donors (Lipinski definition) is 1. The summed E-state index contributed by atoms with van der Waals surface area (Å²) in [6.07, 6.45) is 0. The number of hydrogen-bond acceptors (Lipinski definition) is 4. The molecule has 3 aromatic carbocycles. The average molecular weight is 358 g/mol. The molecule has 5 heteroatoms. The van der Waals surface area contributed by atoms with E-state index in [0.717, 1.165) is 10.5 Å². The molecule has 0 bridgehead atoms. The largest absolute Gasteiger partial charge is 0.457 e. The van der Waals surface area contributed by atoms with Crippen molar-refractivity contribution >= 4 is 23.2 Å². The van der Waals surface area contributed by atoms with Gasteiger partial charge in [0.1, 0.15) is 11.5 Å². The summed E-state index contributed by atoms with van der Waals surface area (Å²) in [6.45, 7) is 4.05. The van der Waals surface area contributed by atoms with Gasteiger partial charge in [-0.05, 0) is 67.4 Å². The van der Waals surface area contributed by atoms with E-state index in [9.17, 15) is 9.59 Å². The number of fused-ring (bicyclic) bond motifs is 1. The lowest BCUT2D eigenvalue weighted by atomic mass is 10.1. The number of benzene rings is 3. The minimum atomic E-state index is -0.384. The van der Waals surface area contributed by atoms with Crippen LogP contribution in [0.1, 0.15) is 31.8 Å². The quantitative estimate of drug-likeness (QED) is 0.553. The summed E-state index contributed by atoms with van der Waals surface area (Å²) in [6, 6.07) is 17.5. The first kappa shape index (κ1) is 16.8. The lowest BCUT2D eigenvalue weighted by Crippen LogP contribution is -2.29. The van der Waals surface area contributed by atoms with Gasteiger partial charge in [0, 0.05) is 11.8 Å². The zero-order valence-electron chi connectivity index (χ0n) is 15.0. The molecule has 0 saturated carbocycles. The summed E-state index contributed by atoms with van der Waals surface area (Å²) in [4.78, 5) is 26.6. The molecule has 4 rings (SSSR count).